The summed E-state index contributed by atoms with van der Waals surface area (Å²) >= 11 is 0. The zero-order valence-corrected chi connectivity index (χ0v) is 13.9. The average molecular weight is 345 g/mol. The van der Waals surface area contributed by atoms with E-state index in [0.717, 1.165) is 11.4 Å². The number of aromatic nitrogens is 2. The van der Waals surface area contributed by atoms with Crippen LogP contribution in [0.3, 0.4) is 0 Å². The maximum atomic E-state index is 12.2. The molecule has 1 aromatic heterocycles. The molecule has 3 rings (SSSR count). The van der Waals surface area contributed by atoms with Crippen LogP contribution in [0.15, 0.2) is 60.7 Å². The second-order valence-electron chi connectivity index (χ2n) is 5.30. The van der Waals surface area contributed by atoms with E-state index in [9.17, 15) is 4.79 Å². The first-order chi connectivity index (χ1) is 12.7. The highest BCUT2D eigenvalue weighted by molar-refractivity contribution is 6.02. The van der Waals surface area contributed by atoms with Gasteiger partial charge in [0.05, 0.1) is 18.7 Å². The van der Waals surface area contributed by atoms with Crippen LogP contribution in [0.2, 0.25) is 0 Å². The summed E-state index contributed by atoms with van der Waals surface area (Å²) in [5, 5.41) is 22.5. The third-order valence-corrected chi connectivity index (χ3v) is 3.53. The number of hydrogen-bond donors (Lipinski definition) is 2. The van der Waals surface area contributed by atoms with Gasteiger partial charge in [-0.2, -0.15) is 5.26 Å². The summed E-state index contributed by atoms with van der Waals surface area (Å²) in [5.41, 5.74) is 2.12. The van der Waals surface area contributed by atoms with Gasteiger partial charge in [-0.15, -0.1) is 10.2 Å². The van der Waals surface area contributed by atoms with Crippen LogP contribution in [0.4, 0.5) is 17.2 Å². The zero-order chi connectivity index (χ0) is 18.4. The van der Waals surface area contributed by atoms with Crippen molar-refractivity contribution in [3.8, 4) is 11.8 Å². The standard InChI is InChI=1S/C19H15N5O2/c1-26-16-8-6-14(7-9-16)21-18-11-10-17(23-24-18)19(25)22-15-4-2-13(12-20)3-5-15/h2-11H,1H3,(H,21,24)(H,22,25). The van der Waals surface area contributed by atoms with Crippen LogP contribution >= 0.6 is 0 Å². The first-order valence-corrected chi connectivity index (χ1v) is 7.74. The van der Waals surface area contributed by atoms with Gasteiger partial charge in [-0.1, -0.05) is 0 Å². The van der Waals surface area contributed by atoms with E-state index >= 15 is 0 Å². The van der Waals surface area contributed by atoms with Gasteiger partial charge < -0.3 is 15.4 Å². The van der Waals surface area contributed by atoms with Crippen LogP contribution in [0.1, 0.15) is 16.1 Å². The Morgan fingerprint density at radius 3 is 2.23 bits per heavy atom. The molecule has 0 aliphatic rings. The van der Waals surface area contributed by atoms with E-state index in [-0.39, 0.29) is 11.6 Å². The highest BCUT2D eigenvalue weighted by atomic mass is 16.5. The van der Waals surface area contributed by atoms with Crippen LogP contribution in [0.5, 0.6) is 5.75 Å². The quantitative estimate of drug-likeness (QED) is 0.735. The Morgan fingerprint density at radius 2 is 1.65 bits per heavy atom. The maximum absolute atomic E-state index is 12.2. The highest BCUT2D eigenvalue weighted by Crippen LogP contribution is 2.18. The summed E-state index contributed by atoms with van der Waals surface area (Å²) in [6.07, 6.45) is 0. The number of ether oxygens (including phenoxy) is 1. The number of carbonyl (C=O) groups excluding carboxylic acids is 1. The van der Waals surface area contributed by atoms with Crippen molar-refractivity contribution in [2.45, 2.75) is 0 Å². The number of rotatable bonds is 5. The van der Waals surface area contributed by atoms with Crippen LogP contribution in [0, 0.1) is 11.3 Å². The number of hydrogen-bond acceptors (Lipinski definition) is 6. The molecule has 7 nitrogen and oxygen atoms in total. The van der Waals surface area contributed by atoms with Gasteiger partial charge in [0.1, 0.15) is 5.75 Å². The lowest BCUT2D eigenvalue weighted by atomic mass is 10.2. The van der Waals surface area contributed by atoms with Gasteiger partial charge in [-0.05, 0) is 60.7 Å². The van der Waals surface area contributed by atoms with Gasteiger partial charge in [0.25, 0.3) is 5.91 Å². The monoisotopic (exact) mass is 345 g/mol. The summed E-state index contributed by atoms with van der Waals surface area (Å²) < 4.78 is 5.11. The molecule has 1 heterocycles. The van der Waals surface area contributed by atoms with Crippen molar-refractivity contribution >= 4 is 23.1 Å². The van der Waals surface area contributed by atoms with Crippen molar-refractivity contribution in [3.05, 3.63) is 71.9 Å². The molecule has 0 saturated carbocycles. The zero-order valence-electron chi connectivity index (χ0n) is 13.9. The van der Waals surface area contributed by atoms with E-state index < -0.39 is 0 Å². The van der Waals surface area contributed by atoms with Crippen LogP contribution in [-0.4, -0.2) is 23.2 Å². The topological polar surface area (TPSA) is 99.9 Å². The second-order valence-corrected chi connectivity index (χ2v) is 5.30. The SMILES string of the molecule is COc1ccc(Nc2ccc(C(=O)Nc3ccc(C#N)cc3)nn2)cc1. The van der Waals surface area contributed by atoms with Crippen molar-refractivity contribution in [1.29, 1.82) is 5.26 Å². The van der Waals surface area contributed by atoms with Crippen molar-refractivity contribution in [2.75, 3.05) is 17.7 Å². The minimum absolute atomic E-state index is 0.189. The number of nitrogens with one attached hydrogen (secondary N) is 2. The van der Waals surface area contributed by atoms with E-state index in [1.165, 1.54) is 0 Å². The molecule has 0 radical (unpaired) electrons. The molecule has 0 spiro atoms. The Hall–Kier alpha value is -3.92. The molecule has 0 fully saturated rings. The lowest BCUT2D eigenvalue weighted by molar-refractivity contribution is 0.102. The van der Waals surface area contributed by atoms with Gasteiger partial charge >= 0.3 is 0 Å². The predicted molar refractivity (Wildman–Crippen MR) is 97.4 cm³/mol. The van der Waals surface area contributed by atoms with Crippen LogP contribution in [0.25, 0.3) is 0 Å². The number of nitriles is 1. The molecule has 0 saturated heterocycles. The second kappa shape index (κ2) is 7.77. The van der Waals surface area contributed by atoms with Crippen molar-refractivity contribution in [1.82, 2.24) is 10.2 Å². The fourth-order valence-corrected chi connectivity index (χ4v) is 2.17. The molecule has 2 aromatic carbocycles. The Labute approximate surface area is 150 Å². The third kappa shape index (κ3) is 4.13. The van der Waals surface area contributed by atoms with Gasteiger partial charge in [0, 0.05) is 11.4 Å². The molecule has 1 amide bonds. The van der Waals surface area contributed by atoms with E-state index in [4.69, 9.17) is 10.00 Å². The highest BCUT2D eigenvalue weighted by Gasteiger charge is 2.09. The van der Waals surface area contributed by atoms with Crippen LogP contribution < -0.4 is 15.4 Å². The smallest absolute Gasteiger partial charge is 0.276 e. The molecule has 0 aliphatic carbocycles. The minimum atomic E-state index is -0.377. The number of amides is 1. The summed E-state index contributed by atoms with van der Waals surface area (Å²) in [5.74, 6) is 0.903. The molecule has 0 bridgehead atoms. The van der Waals surface area contributed by atoms with Gasteiger partial charge in [-0.25, -0.2) is 0 Å². The summed E-state index contributed by atoms with van der Waals surface area (Å²) in [6, 6.07) is 19.2. The summed E-state index contributed by atoms with van der Waals surface area (Å²) in [6.45, 7) is 0. The maximum Gasteiger partial charge on any atom is 0.276 e. The number of methoxy groups -OCH3 is 1. The first kappa shape index (κ1) is 16.9. The Kier molecular flexibility index (Phi) is 5.05. The van der Waals surface area contributed by atoms with Crippen molar-refractivity contribution < 1.29 is 9.53 Å². The molecule has 26 heavy (non-hydrogen) atoms. The lowest BCUT2D eigenvalue weighted by Crippen LogP contribution is -2.14. The van der Waals surface area contributed by atoms with Gasteiger partial charge in [0.2, 0.25) is 0 Å². The predicted octanol–water partition coefficient (Wildman–Crippen LogP) is 3.35. The molecular weight excluding hydrogens is 330 g/mol. The molecular formula is C19H15N5O2. The molecule has 3 aromatic rings. The minimum Gasteiger partial charge on any atom is -0.497 e. The Balaban J connectivity index is 1.64. The lowest BCUT2D eigenvalue weighted by Gasteiger charge is -2.07. The number of anilines is 3. The van der Waals surface area contributed by atoms with E-state index in [2.05, 4.69) is 20.8 Å². The number of nitrogens with zero attached hydrogens (tertiary/aromatic N) is 3. The van der Waals surface area contributed by atoms with Gasteiger partial charge in [-0.3, -0.25) is 4.79 Å². The van der Waals surface area contributed by atoms with Gasteiger partial charge in [0.15, 0.2) is 11.5 Å². The number of benzene rings is 2. The van der Waals surface area contributed by atoms with E-state index in [1.807, 2.05) is 30.3 Å². The average Bonchev–Trinajstić information content (AvgIpc) is 2.69. The largest absolute Gasteiger partial charge is 0.497 e. The van der Waals surface area contributed by atoms with Crippen molar-refractivity contribution in [3.63, 3.8) is 0 Å². The van der Waals surface area contributed by atoms with E-state index in [1.54, 1.807) is 43.5 Å². The molecule has 0 aliphatic heterocycles. The fourth-order valence-electron chi connectivity index (χ4n) is 2.17. The van der Waals surface area contributed by atoms with Crippen LogP contribution in [-0.2, 0) is 0 Å². The van der Waals surface area contributed by atoms with E-state index in [0.29, 0.717) is 17.1 Å². The Bertz CT molecular complexity index is 930. The molecule has 7 heteroatoms. The molecule has 0 unspecified atom stereocenters. The normalized spacial score (nSPS) is 9.85. The molecule has 2 N–H and O–H groups in total. The summed E-state index contributed by atoms with van der Waals surface area (Å²) in [7, 11) is 1.61. The number of carbonyl (C=O) groups is 1. The molecule has 128 valence electrons. The molecule has 0 atom stereocenters. The third-order valence-electron chi connectivity index (χ3n) is 3.53. The fraction of sp³-hybridized carbons (Fsp3) is 0.0526. The first-order valence-electron chi connectivity index (χ1n) is 7.74. The summed E-state index contributed by atoms with van der Waals surface area (Å²) in [4.78, 5) is 12.2. The Morgan fingerprint density at radius 1 is 0.962 bits per heavy atom. The van der Waals surface area contributed by atoms with Crippen molar-refractivity contribution in [2.24, 2.45) is 0 Å².